The second-order valence-electron chi connectivity index (χ2n) is 6.05. The van der Waals surface area contributed by atoms with E-state index in [1.54, 1.807) is 12.1 Å². The molecule has 0 aliphatic carbocycles. The number of carboxylic acids is 1. The second kappa shape index (κ2) is 6.00. The van der Waals surface area contributed by atoms with E-state index in [2.05, 4.69) is 0 Å². The van der Waals surface area contributed by atoms with E-state index >= 15 is 0 Å². The third-order valence-electron chi connectivity index (χ3n) is 4.59. The molecule has 0 bridgehead atoms. The molecule has 4 nitrogen and oxygen atoms in total. The Hall–Kier alpha value is -1.23. The quantitative estimate of drug-likeness (QED) is 0.876. The Bertz CT molecular complexity index is 784. The van der Waals surface area contributed by atoms with Gasteiger partial charge in [0.2, 0.25) is 0 Å². The summed E-state index contributed by atoms with van der Waals surface area (Å²) in [7, 11) is 1.91. The van der Waals surface area contributed by atoms with Crippen LogP contribution in [0.15, 0.2) is 12.1 Å². The van der Waals surface area contributed by atoms with Gasteiger partial charge >= 0.3 is 5.97 Å². The van der Waals surface area contributed by atoms with Crippen LogP contribution in [0, 0.1) is 0 Å². The van der Waals surface area contributed by atoms with Gasteiger partial charge in [0, 0.05) is 12.4 Å². The molecule has 3 rings (SSSR count). The Labute approximate surface area is 144 Å². The molecule has 1 aromatic carbocycles. The summed E-state index contributed by atoms with van der Waals surface area (Å²) in [6.07, 6.45) is 2.12. The monoisotopic (exact) mass is 355 g/mol. The van der Waals surface area contributed by atoms with E-state index in [4.69, 9.17) is 27.9 Å². The number of aromatic nitrogens is 1. The number of aliphatic carboxylic acids is 1. The topological polar surface area (TPSA) is 51.5 Å². The van der Waals surface area contributed by atoms with Gasteiger partial charge in [-0.05, 0) is 30.5 Å². The number of ether oxygens (including phenoxy) is 1. The van der Waals surface area contributed by atoms with Crippen LogP contribution in [0.4, 0.5) is 0 Å². The fourth-order valence-electron chi connectivity index (χ4n) is 3.89. The highest BCUT2D eigenvalue weighted by Gasteiger charge is 2.43. The molecule has 1 aliphatic heterocycles. The Morgan fingerprint density at radius 3 is 2.74 bits per heavy atom. The van der Waals surface area contributed by atoms with E-state index in [1.807, 2.05) is 18.5 Å². The van der Waals surface area contributed by atoms with Crippen molar-refractivity contribution in [2.24, 2.45) is 7.05 Å². The first kappa shape index (κ1) is 16.6. The SMILES string of the molecule is CCCC1(CC(=O)O)OCCc2c1n(C)c1c(Cl)ccc(Cl)c21. The van der Waals surface area contributed by atoms with Gasteiger partial charge in [0.1, 0.15) is 5.60 Å². The lowest BCUT2D eigenvalue weighted by atomic mass is 9.84. The van der Waals surface area contributed by atoms with Crippen LogP contribution in [0.3, 0.4) is 0 Å². The summed E-state index contributed by atoms with van der Waals surface area (Å²) in [6, 6.07) is 3.57. The number of carboxylic acid groups (broad SMARTS) is 1. The highest BCUT2D eigenvalue weighted by molar-refractivity contribution is 6.40. The van der Waals surface area contributed by atoms with E-state index < -0.39 is 11.6 Å². The van der Waals surface area contributed by atoms with E-state index in [0.29, 0.717) is 29.5 Å². The van der Waals surface area contributed by atoms with Gasteiger partial charge in [0.05, 0.1) is 34.3 Å². The lowest BCUT2D eigenvalue weighted by Gasteiger charge is -2.37. The van der Waals surface area contributed by atoms with Crippen LogP contribution in [0.2, 0.25) is 10.0 Å². The predicted octanol–water partition coefficient (Wildman–Crippen LogP) is 4.53. The maximum atomic E-state index is 11.5. The van der Waals surface area contributed by atoms with Crippen molar-refractivity contribution in [3.8, 4) is 0 Å². The number of benzene rings is 1. The van der Waals surface area contributed by atoms with Crippen molar-refractivity contribution in [2.45, 2.75) is 38.2 Å². The first-order valence-corrected chi connectivity index (χ1v) is 8.48. The lowest BCUT2D eigenvalue weighted by Crippen LogP contribution is -2.39. The first-order chi connectivity index (χ1) is 10.9. The summed E-state index contributed by atoms with van der Waals surface area (Å²) in [4.78, 5) is 11.5. The third kappa shape index (κ3) is 2.53. The number of hydrogen-bond acceptors (Lipinski definition) is 2. The number of nitrogens with zero attached hydrogens (tertiary/aromatic N) is 1. The normalized spacial score (nSPS) is 20.7. The van der Waals surface area contributed by atoms with Crippen LogP contribution >= 0.6 is 23.2 Å². The molecule has 1 unspecified atom stereocenters. The molecule has 23 heavy (non-hydrogen) atoms. The fraction of sp³-hybridized carbons (Fsp3) is 0.471. The van der Waals surface area contributed by atoms with Crippen molar-refractivity contribution >= 4 is 40.1 Å². The minimum Gasteiger partial charge on any atom is -0.481 e. The molecule has 0 fully saturated rings. The van der Waals surface area contributed by atoms with Gasteiger partial charge in [-0.2, -0.15) is 0 Å². The summed E-state index contributed by atoms with van der Waals surface area (Å²) in [5, 5.41) is 11.6. The van der Waals surface area contributed by atoms with Gasteiger partial charge in [-0.15, -0.1) is 0 Å². The Kier molecular flexibility index (Phi) is 4.34. The van der Waals surface area contributed by atoms with Crippen LogP contribution in [0.1, 0.15) is 37.4 Å². The molecule has 1 atom stereocenters. The first-order valence-electron chi connectivity index (χ1n) is 7.72. The molecule has 1 aromatic heterocycles. The standard InChI is InChI=1S/C17H19Cl2NO3/c1-3-7-17(9-13(21)22)16-10(6-8-23-17)14-11(18)4-5-12(19)15(14)20(16)2/h4-5H,3,6-9H2,1-2H3,(H,21,22). The smallest absolute Gasteiger partial charge is 0.306 e. The highest BCUT2D eigenvalue weighted by atomic mass is 35.5. The summed E-state index contributed by atoms with van der Waals surface area (Å²) < 4.78 is 8.01. The molecule has 2 aromatic rings. The molecule has 1 aliphatic rings. The third-order valence-corrected chi connectivity index (χ3v) is 5.21. The summed E-state index contributed by atoms with van der Waals surface area (Å²) in [6.45, 7) is 2.52. The highest BCUT2D eigenvalue weighted by Crippen LogP contribution is 2.46. The van der Waals surface area contributed by atoms with Crippen LogP contribution < -0.4 is 0 Å². The van der Waals surface area contributed by atoms with Crippen molar-refractivity contribution < 1.29 is 14.6 Å². The Morgan fingerprint density at radius 2 is 2.09 bits per heavy atom. The molecule has 124 valence electrons. The van der Waals surface area contributed by atoms with Gasteiger partial charge in [-0.25, -0.2) is 0 Å². The van der Waals surface area contributed by atoms with Crippen molar-refractivity contribution in [2.75, 3.05) is 6.61 Å². The van der Waals surface area contributed by atoms with E-state index in [1.165, 1.54) is 0 Å². The summed E-state index contributed by atoms with van der Waals surface area (Å²) in [5.74, 6) is -0.867. The molecule has 1 N–H and O–H groups in total. The summed E-state index contributed by atoms with van der Waals surface area (Å²) >= 11 is 12.8. The zero-order valence-electron chi connectivity index (χ0n) is 13.2. The minimum atomic E-state index is -0.867. The molecular weight excluding hydrogens is 337 g/mol. The number of halogens is 2. The number of hydrogen-bond donors (Lipinski definition) is 1. The number of aryl methyl sites for hydroxylation is 1. The van der Waals surface area contributed by atoms with Gasteiger partial charge in [0.25, 0.3) is 0 Å². The van der Waals surface area contributed by atoms with Crippen LogP contribution in [-0.2, 0) is 28.6 Å². The van der Waals surface area contributed by atoms with Gasteiger partial charge < -0.3 is 14.4 Å². The van der Waals surface area contributed by atoms with Gasteiger partial charge in [-0.1, -0.05) is 36.5 Å². The molecule has 0 saturated heterocycles. The zero-order valence-corrected chi connectivity index (χ0v) is 14.7. The molecule has 0 spiro atoms. The van der Waals surface area contributed by atoms with E-state index in [0.717, 1.165) is 28.6 Å². The molecule has 0 saturated carbocycles. The molecule has 6 heteroatoms. The minimum absolute atomic E-state index is 0.0623. The fourth-order valence-corrected chi connectivity index (χ4v) is 4.44. The van der Waals surface area contributed by atoms with Crippen LogP contribution in [0.25, 0.3) is 10.9 Å². The average Bonchev–Trinajstić information content (AvgIpc) is 2.79. The lowest BCUT2D eigenvalue weighted by molar-refractivity contribution is -0.149. The second-order valence-corrected chi connectivity index (χ2v) is 6.87. The molecule has 0 amide bonds. The van der Waals surface area contributed by atoms with Crippen molar-refractivity contribution in [1.29, 1.82) is 0 Å². The Morgan fingerprint density at radius 1 is 1.39 bits per heavy atom. The maximum absolute atomic E-state index is 11.5. The largest absolute Gasteiger partial charge is 0.481 e. The van der Waals surface area contributed by atoms with Crippen LogP contribution in [-0.4, -0.2) is 22.2 Å². The van der Waals surface area contributed by atoms with Gasteiger partial charge in [0.15, 0.2) is 0 Å². The van der Waals surface area contributed by atoms with Crippen molar-refractivity contribution in [1.82, 2.24) is 4.57 Å². The molecular formula is C17H19Cl2NO3. The van der Waals surface area contributed by atoms with E-state index in [9.17, 15) is 9.90 Å². The number of carbonyl (C=O) groups is 1. The maximum Gasteiger partial charge on any atom is 0.306 e. The predicted molar refractivity (Wildman–Crippen MR) is 91.4 cm³/mol. The Balaban J connectivity index is 2.36. The van der Waals surface area contributed by atoms with E-state index in [-0.39, 0.29) is 6.42 Å². The zero-order chi connectivity index (χ0) is 16.8. The van der Waals surface area contributed by atoms with Gasteiger partial charge in [-0.3, -0.25) is 4.79 Å². The summed E-state index contributed by atoms with van der Waals surface area (Å²) in [5.41, 5.74) is 1.99. The van der Waals surface area contributed by atoms with Crippen molar-refractivity contribution in [3.05, 3.63) is 33.4 Å². The average molecular weight is 356 g/mol. The number of rotatable bonds is 4. The molecule has 0 radical (unpaired) electrons. The van der Waals surface area contributed by atoms with Crippen molar-refractivity contribution in [3.63, 3.8) is 0 Å². The number of fused-ring (bicyclic) bond motifs is 3. The molecule has 2 heterocycles. The van der Waals surface area contributed by atoms with Crippen LogP contribution in [0.5, 0.6) is 0 Å².